The van der Waals surface area contributed by atoms with Crippen LogP contribution >= 0.6 is 0 Å². The lowest BCUT2D eigenvalue weighted by molar-refractivity contribution is 0.568. The van der Waals surface area contributed by atoms with Crippen molar-refractivity contribution in [1.29, 1.82) is 0 Å². The fourth-order valence-electron chi connectivity index (χ4n) is 10.8. The van der Waals surface area contributed by atoms with E-state index in [-0.39, 0.29) is 32.5 Å². The molecule has 3 aromatic heterocycles. The highest BCUT2D eigenvalue weighted by atomic mass is 28.3. The van der Waals surface area contributed by atoms with Crippen LogP contribution in [-0.4, -0.2) is 36.1 Å². The molecule has 2 N–H and O–H groups in total. The van der Waals surface area contributed by atoms with Gasteiger partial charge in [-0.25, -0.2) is 9.97 Å². The number of nitrogens with one attached hydrogen (secondary N) is 2. The van der Waals surface area contributed by atoms with Gasteiger partial charge >= 0.3 is 0 Å². The van der Waals surface area contributed by atoms with Gasteiger partial charge in [0, 0.05) is 55.4 Å². The van der Waals surface area contributed by atoms with Gasteiger partial charge in [0.05, 0.1) is 22.8 Å². The van der Waals surface area contributed by atoms with E-state index in [2.05, 4.69) is 318 Å². The molecule has 0 amide bonds. The van der Waals surface area contributed by atoms with Crippen molar-refractivity contribution >= 4 is 62.5 Å². The first-order valence-corrected chi connectivity index (χ1v) is 37.5. The van der Waals surface area contributed by atoms with Crippen LogP contribution in [0.3, 0.4) is 0 Å². The number of hydrogen-bond donors (Lipinski definition) is 2. The Balaban J connectivity index is 1.56. The van der Waals surface area contributed by atoms with Crippen molar-refractivity contribution in [2.75, 3.05) is 0 Å². The molecule has 0 radical (unpaired) electrons. The van der Waals surface area contributed by atoms with E-state index in [0.29, 0.717) is 0 Å². The van der Waals surface area contributed by atoms with Crippen molar-refractivity contribution in [1.82, 2.24) is 19.9 Å². The molecular weight excluding hydrogens is 1050 g/mol. The van der Waals surface area contributed by atoms with Crippen LogP contribution in [0, 0.1) is 22.9 Å². The van der Waals surface area contributed by atoms with Crippen molar-refractivity contribution < 1.29 is 0 Å². The maximum absolute atomic E-state index is 5.87. The monoisotopic (exact) mass is 1140 g/mol. The second-order valence-corrected chi connectivity index (χ2v) is 41.7. The third-order valence-electron chi connectivity index (χ3n) is 16.0. The van der Waals surface area contributed by atoms with Gasteiger partial charge in [-0.1, -0.05) is 230 Å². The SMILES string of the molecule is CC(C)(C)c1cc(-c2c3nc(c(-c4cc(C(C)(C)C)cc(C(C)(C)C)c4)c4ccc([nH]4)c(-c4cc(C(C)(C)C)cc(C(C)(C)C)c4)c4nc(c(-c5cc(C#C[Si](C)(C)C)cc(C#C[Si](C)(C)C)c5)c5ccc2[nH]5)C=C4)C=C3)cc(C(C)(C)C)c1. The maximum Gasteiger partial charge on any atom is 0.129 e. The molecule has 0 atom stereocenters. The molecule has 0 saturated heterocycles. The van der Waals surface area contributed by atoms with Crippen molar-refractivity contribution in [3.63, 3.8) is 0 Å². The molecule has 0 saturated carbocycles. The second kappa shape index (κ2) is 21.5. The number of H-pyrrole nitrogens is 2. The minimum absolute atomic E-state index is 0.109. The summed E-state index contributed by atoms with van der Waals surface area (Å²) in [4.78, 5) is 20.0. The first-order valence-electron chi connectivity index (χ1n) is 30.5. The Bertz CT molecular complexity index is 3920. The Morgan fingerprint density at radius 1 is 0.298 bits per heavy atom. The van der Waals surface area contributed by atoms with Crippen LogP contribution in [-0.2, 0) is 32.5 Å². The van der Waals surface area contributed by atoms with E-state index in [1.807, 2.05) is 0 Å². The lowest BCUT2D eigenvalue weighted by Gasteiger charge is -2.26. The predicted octanol–water partition coefficient (Wildman–Crippen LogP) is 21.6. The number of rotatable bonds is 4. The minimum atomic E-state index is -1.75. The lowest BCUT2D eigenvalue weighted by atomic mass is 9.78. The van der Waals surface area contributed by atoms with E-state index < -0.39 is 16.1 Å². The average Bonchev–Trinajstić information content (AvgIpc) is 1.82. The van der Waals surface area contributed by atoms with Crippen LogP contribution < -0.4 is 0 Å². The maximum atomic E-state index is 5.87. The predicted molar refractivity (Wildman–Crippen MR) is 373 cm³/mol. The highest BCUT2D eigenvalue weighted by Crippen LogP contribution is 2.44. The Hall–Kier alpha value is -6.97. The molecule has 4 nitrogen and oxygen atoms in total. The number of hydrogen-bond acceptors (Lipinski definition) is 2. The second-order valence-electron chi connectivity index (χ2n) is 32.2. The number of benzene rings is 4. The topological polar surface area (TPSA) is 57.4 Å². The van der Waals surface area contributed by atoms with Gasteiger partial charge in [0.25, 0.3) is 0 Å². The summed E-state index contributed by atoms with van der Waals surface area (Å²) in [6.45, 7) is 55.5. The fourth-order valence-corrected chi connectivity index (χ4v) is 11.8. The summed E-state index contributed by atoms with van der Waals surface area (Å²) in [6.07, 6.45) is 8.95. The molecule has 0 aliphatic carbocycles. The Kier molecular flexibility index (Phi) is 15.8. The summed E-state index contributed by atoms with van der Waals surface area (Å²) >= 11 is 0. The van der Waals surface area contributed by atoms with Gasteiger partial charge in [-0.05, 0) is 155 Å². The number of fused-ring (bicyclic) bond motifs is 8. The summed E-state index contributed by atoms with van der Waals surface area (Å²) < 4.78 is 0. The zero-order valence-corrected chi connectivity index (χ0v) is 57.4. The van der Waals surface area contributed by atoms with Crippen molar-refractivity contribution in [2.45, 2.75) is 196 Å². The van der Waals surface area contributed by atoms with E-state index in [0.717, 1.165) is 100 Å². The summed E-state index contributed by atoms with van der Waals surface area (Å²) in [5.41, 5.74) is 32.2. The van der Waals surface area contributed by atoms with E-state index >= 15 is 0 Å². The zero-order valence-electron chi connectivity index (χ0n) is 55.4. The standard InChI is InChI=1S/C78H94N4Si2/c1-73(2,3)55-40-52(41-56(46-55)74(4,5)6)70-63-27-25-61(79-63)69(51-38-49(33-35-83(19,20)21)37-50(39-51)34-36-84(22,23)24)62-26-28-64(80-62)71(53-42-57(75(7,8)9)47-58(43-53)76(10,11)12)66-30-32-68(82-66)72(67-31-29-65(70)81-67)54-44-59(77(13,14)15)48-60(45-54)78(16,17)18/h25-32,37-48,79,82H,1-24H3. The Morgan fingerprint density at radius 2 is 0.512 bits per heavy atom. The van der Waals surface area contributed by atoms with Crippen molar-refractivity contribution in [2.24, 2.45) is 0 Å². The number of aromatic nitrogens is 4. The van der Waals surface area contributed by atoms with Crippen molar-refractivity contribution in [3.05, 3.63) is 164 Å². The Morgan fingerprint density at radius 3 is 0.714 bits per heavy atom. The normalized spacial score (nSPS) is 13.4. The molecule has 9 rings (SSSR count). The molecule has 0 unspecified atom stereocenters. The molecular formula is C78H94N4Si2. The van der Waals surface area contributed by atoms with Crippen LogP contribution in [0.5, 0.6) is 0 Å². The molecule has 2 aliphatic heterocycles. The highest BCUT2D eigenvalue weighted by Gasteiger charge is 2.28. The molecule has 7 aromatic rings. The summed E-state index contributed by atoms with van der Waals surface area (Å²) in [5, 5.41) is 0. The highest BCUT2D eigenvalue weighted by molar-refractivity contribution is 6.84. The van der Waals surface area contributed by atoms with Gasteiger partial charge in [0.2, 0.25) is 0 Å². The lowest BCUT2D eigenvalue weighted by Crippen LogP contribution is -2.16. The van der Waals surface area contributed by atoms with Crippen LogP contribution in [0.25, 0.3) is 90.9 Å². The molecule has 2 aliphatic rings. The first-order chi connectivity index (χ1) is 38.6. The van der Waals surface area contributed by atoms with E-state index in [1.54, 1.807) is 0 Å². The number of aromatic amines is 2. The van der Waals surface area contributed by atoms with Gasteiger partial charge < -0.3 is 9.97 Å². The van der Waals surface area contributed by atoms with Gasteiger partial charge in [-0.2, -0.15) is 0 Å². The first kappa shape index (κ1) is 61.6. The van der Waals surface area contributed by atoms with Gasteiger partial charge in [-0.15, -0.1) is 11.1 Å². The quantitative estimate of drug-likeness (QED) is 0.136. The van der Waals surface area contributed by atoms with Crippen LogP contribution in [0.15, 0.2) is 97.1 Å². The van der Waals surface area contributed by atoms with Crippen LogP contribution in [0.2, 0.25) is 39.3 Å². The molecule has 0 fully saturated rings. The molecule has 8 bridgehead atoms. The van der Waals surface area contributed by atoms with E-state index in [4.69, 9.17) is 9.97 Å². The smallest absolute Gasteiger partial charge is 0.129 e. The van der Waals surface area contributed by atoms with Gasteiger partial charge in [0.15, 0.2) is 0 Å². The third kappa shape index (κ3) is 13.7. The largest absolute Gasteiger partial charge is 0.354 e. The van der Waals surface area contributed by atoms with Crippen molar-refractivity contribution in [3.8, 4) is 67.4 Å². The van der Waals surface area contributed by atoms with Gasteiger partial charge in [0.1, 0.15) is 16.1 Å². The third-order valence-corrected chi connectivity index (χ3v) is 17.8. The molecule has 5 heterocycles. The minimum Gasteiger partial charge on any atom is -0.354 e. The summed E-state index contributed by atoms with van der Waals surface area (Å²) in [6, 6.07) is 37.4. The summed E-state index contributed by atoms with van der Waals surface area (Å²) in [5.74, 6) is 7.30. The van der Waals surface area contributed by atoms with Crippen LogP contribution in [0.1, 0.15) is 192 Å². The van der Waals surface area contributed by atoms with Crippen LogP contribution in [0.4, 0.5) is 0 Å². The van der Waals surface area contributed by atoms with Gasteiger partial charge in [-0.3, -0.25) is 0 Å². The fraction of sp³-hybridized carbons (Fsp3) is 0.385. The average molecular weight is 1140 g/mol. The molecule has 0 spiro atoms. The molecule has 4 aromatic carbocycles. The number of nitrogens with zero attached hydrogens (tertiary/aromatic N) is 2. The summed E-state index contributed by atoms with van der Waals surface area (Å²) in [7, 11) is -3.51. The Labute approximate surface area is 507 Å². The van der Waals surface area contributed by atoms with E-state index in [9.17, 15) is 0 Å². The molecule has 434 valence electrons. The zero-order chi connectivity index (χ0) is 61.7. The van der Waals surface area contributed by atoms with E-state index in [1.165, 1.54) is 33.4 Å². The molecule has 6 heteroatoms. The molecule has 84 heavy (non-hydrogen) atoms.